The molecule has 0 saturated carbocycles. The monoisotopic (exact) mass is 245 g/mol. The smallest absolute Gasteiger partial charge is 0.0127 e. The molecular weight excluding hydrogens is 218 g/mol. The Labute approximate surface area is 112 Å². The van der Waals surface area contributed by atoms with Crippen LogP contribution in [0.1, 0.15) is 44.7 Å². The molecule has 1 aromatic rings. The molecule has 2 rings (SSSR count). The van der Waals surface area contributed by atoms with E-state index in [-0.39, 0.29) is 0 Å². The molecule has 1 heteroatoms. The summed E-state index contributed by atoms with van der Waals surface area (Å²) in [5, 5.41) is 3.80. The molecule has 0 aromatic heterocycles. The molecule has 0 radical (unpaired) electrons. The lowest BCUT2D eigenvalue weighted by molar-refractivity contribution is 0.270. The average molecular weight is 245 g/mol. The van der Waals surface area contributed by atoms with Gasteiger partial charge in [0.25, 0.3) is 0 Å². The van der Waals surface area contributed by atoms with Crippen molar-refractivity contribution >= 4 is 0 Å². The maximum absolute atomic E-state index is 3.80. The maximum Gasteiger partial charge on any atom is 0.0127 e. The average Bonchev–Trinajstić information content (AvgIpc) is 2.82. The van der Waals surface area contributed by atoms with Crippen LogP contribution in [0.15, 0.2) is 24.3 Å². The van der Waals surface area contributed by atoms with E-state index in [1.807, 2.05) is 0 Å². The maximum atomic E-state index is 3.80. The van der Waals surface area contributed by atoms with Gasteiger partial charge in [0.05, 0.1) is 0 Å². The fraction of sp³-hybridized carbons (Fsp3) is 0.647. The van der Waals surface area contributed by atoms with Gasteiger partial charge in [-0.15, -0.1) is 0 Å². The minimum absolute atomic E-state index is 0.683. The predicted molar refractivity (Wildman–Crippen MR) is 78.9 cm³/mol. The summed E-state index contributed by atoms with van der Waals surface area (Å²) in [5.74, 6) is 1.57. The van der Waals surface area contributed by atoms with Crippen LogP contribution in [0.25, 0.3) is 0 Å². The van der Waals surface area contributed by atoms with Crippen molar-refractivity contribution < 1.29 is 0 Å². The highest BCUT2D eigenvalue weighted by molar-refractivity contribution is 5.32. The summed E-state index contributed by atoms with van der Waals surface area (Å²) in [6, 6.07) is 9.66. The van der Waals surface area contributed by atoms with Crippen molar-refractivity contribution in [1.29, 1.82) is 0 Å². The van der Waals surface area contributed by atoms with Crippen LogP contribution in [0.5, 0.6) is 0 Å². The zero-order valence-corrected chi connectivity index (χ0v) is 12.1. The van der Waals surface area contributed by atoms with Gasteiger partial charge >= 0.3 is 0 Å². The molecule has 1 N–H and O–H groups in total. The Hall–Kier alpha value is -0.820. The molecule has 0 bridgehead atoms. The van der Waals surface area contributed by atoms with E-state index in [2.05, 4.69) is 50.4 Å². The zero-order chi connectivity index (χ0) is 13.0. The van der Waals surface area contributed by atoms with Crippen molar-refractivity contribution in [2.24, 2.45) is 11.8 Å². The van der Waals surface area contributed by atoms with Gasteiger partial charge < -0.3 is 5.32 Å². The van der Waals surface area contributed by atoms with Crippen LogP contribution < -0.4 is 5.32 Å². The summed E-state index contributed by atoms with van der Waals surface area (Å²) in [5.41, 5.74) is 3.16. The molecule has 0 spiro atoms. The topological polar surface area (TPSA) is 12.0 Å². The highest BCUT2D eigenvalue weighted by Crippen LogP contribution is 2.31. The van der Waals surface area contributed by atoms with Crippen molar-refractivity contribution in [2.45, 2.75) is 52.5 Å². The van der Waals surface area contributed by atoms with E-state index in [9.17, 15) is 0 Å². The van der Waals surface area contributed by atoms with Crippen LogP contribution >= 0.6 is 0 Å². The Morgan fingerprint density at radius 1 is 1.17 bits per heavy atom. The van der Waals surface area contributed by atoms with Crippen molar-refractivity contribution in [1.82, 2.24) is 5.32 Å². The summed E-state index contributed by atoms with van der Waals surface area (Å²) in [4.78, 5) is 0. The molecule has 1 aliphatic carbocycles. The highest BCUT2D eigenvalue weighted by Gasteiger charge is 2.30. The van der Waals surface area contributed by atoms with Crippen LogP contribution in [0, 0.1) is 11.8 Å². The second-order valence-electron chi connectivity index (χ2n) is 5.80. The Bertz CT molecular complexity index is 347. The van der Waals surface area contributed by atoms with Gasteiger partial charge in [-0.1, -0.05) is 51.5 Å². The highest BCUT2D eigenvalue weighted by atomic mass is 14.9. The molecule has 0 amide bonds. The van der Waals surface area contributed by atoms with Gasteiger partial charge in [0, 0.05) is 6.04 Å². The number of hydrogen-bond donors (Lipinski definition) is 1. The summed E-state index contributed by atoms with van der Waals surface area (Å²) in [7, 11) is 0. The minimum atomic E-state index is 0.683. The van der Waals surface area contributed by atoms with E-state index >= 15 is 0 Å². The lowest BCUT2D eigenvalue weighted by Gasteiger charge is -2.30. The van der Waals surface area contributed by atoms with Gasteiger partial charge in [0.1, 0.15) is 0 Å². The van der Waals surface area contributed by atoms with Gasteiger partial charge in [0.15, 0.2) is 0 Å². The predicted octanol–water partition coefficient (Wildman–Crippen LogP) is 3.82. The third-order valence-corrected chi connectivity index (χ3v) is 4.48. The summed E-state index contributed by atoms with van der Waals surface area (Å²) in [6.45, 7) is 8.12. The third-order valence-electron chi connectivity index (χ3n) is 4.48. The Morgan fingerprint density at radius 3 is 2.28 bits per heavy atom. The van der Waals surface area contributed by atoms with E-state index < -0.39 is 0 Å². The Kier molecular flexibility index (Phi) is 4.82. The molecule has 2 unspecified atom stereocenters. The number of hydrogen-bond acceptors (Lipinski definition) is 1. The zero-order valence-electron chi connectivity index (χ0n) is 12.1. The van der Waals surface area contributed by atoms with Crippen molar-refractivity contribution in [3.05, 3.63) is 35.4 Å². The van der Waals surface area contributed by atoms with Crippen LogP contribution in [-0.2, 0) is 12.8 Å². The van der Waals surface area contributed by atoms with Crippen molar-refractivity contribution in [2.75, 3.05) is 6.54 Å². The lowest BCUT2D eigenvalue weighted by Crippen LogP contribution is -2.42. The molecule has 1 aliphatic rings. The van der Waals surface area contributed by atoms with Crippen LogP contribution in [0.3, 0.4) is 0 Å². The first-order valence-electron chi connectivity index (χ1n) is 7.56. The number of nitrogens with one attached hydrogen (secondary N) is 1. The SMILES string of the molecule is CCCNC(C(C)CC)C1Cc2ccccc2C1. The first-order chi connectivity index (χ1) is 8.76. The van der Waals surface area contributed by atoms with Gasteiger partial charge in [0.2, 0.25) is 0 Å². The summed E-state index contributed by atoms with van der Waals surface area (Å²) in [6.07, 6.45) is 5.03. The van der Waals surface area contributed by atoms with Gasteiger partial charge in [-0.3, -0.25) is 0 Å². The van der Waals surface area contributed by atoms with Gasteiger partial charge in [-0.25, -0.2) is 0 Å². The molecule has 100 valence electrons. The first kappa shape index (κ1) is 13.6. The summed E-state index contributed by atoms with van der Waals surface area (Å²) >= 11 is 0. The van der Waals surface area contributed by atoms with Crippen molar-refractivity contribution in [3.8, 4) is 0 Å². The van der Waals surface area contributed by atoms with Crippen LogP contribution in [-0.4, -0.2) is 12.6 Å². The molecule has 2 atom stereocenters. The standard InChI is InChI=1S/C17H27N/c1-4-10-18-17(13(3)5-2)16-11-14-8-6-7-9-15(14)12-16/h6-9,13,16-18H,4-5,10-12H2,1-3H3. The van der Waals surface area contributed by atoms with Gasteiger partial charge in [-0.05, 0) is 48.8 Å². The molecule has 0 saturated heterocycles. The fourth-order valence-corrected chi connectivity index (χ4v) is 3.24. The molecule has 0 aliphatic heterocycles. The lowest BCUT2D eigenvalue weighted by atomic mass is 9.85. The van der Waals surface area contributed by atoms with E-state index in [4.69, 9.17) is 0 Å². The molecular formula is C17H27N. The first-order valence-corrected chi connectivity index (χ1v) is 7.56. The minimum Gasteiger partial charge on any atom is -0.313 e. The molecule has 18 heavy (non-hydrogen) atoms. The number of rotatable bonds is 6. The second-order valence-corrected chi connectivity index (χ2v) is 5.80. The van der Waals surface area contributed by atoms with E-state index in [1.54, 1.807) is 11.1 Å². The van der Waals surface area contributed by atoms with Crippen LogP contribution in [0.4, 0.5) is 0 Å². The second kappa shape index (κ2) is 6.38. The largest absolute Gasteiger partial charge is 0.313 e. The summed E-state index contributed by atoms with van der Waals surface area (Å²) < 4.78 is 0. The third kappa shape index (κ3) is 2.95. The normalized spacial score (nSPS) is 18.6. The number of fused-ring (bicyclic) bond motifs is 1. The van der Waals surface area contributed by atoms with E-state index in [1.165, 1.54) is 25.7 Å². The van der Waals surface area contributed by atoms with Crippen LogP contribution in [0.2, 0.25) is 0 Å². The van der Waals surface area contributed by atoms with Gasteiger partial charge in [-0.2, -0.15) is 0 Å². The quantitative estimate of drug-likeness (QED) is 0.803. The molecule has 0 heterocycles. The van der Waals surface area contributed by atoms with Crippen molar-refractivity contribution in [3.63, 3.8) is 0 Å². The van der Waals surface area contributed by atoms with E-state index in [0.717, 1.165) is 18.4 Å². The Morgan fingerprint density at radius 2 is 1.78 bits per heavy atom. The molecule has 1 nitrogen and oxygen atoms in total. The molecule has 1 aromatic carbocycles. The number of benzene rings is 1. The van der Waals surface area contributed by atoms with E-state index in [0.29, 0.717) is 6.04 Å². The Balaban J connectivity index is 2.05. The molecule has 0 fully saturated rings. The fourth-order valence-electron chi connectivity index (χ4n) is 3.24.